The van der Waals surface area contributed by atoms with Crippen molar-refractivity contribution >= 4 is 11.9 Å². The van der Waals surface area contributed by atoms with Gasteiger partial charge >= 0.3 is 0 Å². The van der Waals surface area contributed by atoms with Crippen LogP contribution in [0.25, 0.3) is 0 Å². The highest BCUT2D eigenvalue weighted by Crippen LogP contribution is 2.32. The molecule has 0 aromatic carbocycles. The van der Waals surface area contributed by atoms with E-state index in [2.05, 4.69) is 18.2 Å². The van der Waals surface area contributed by atoms with Crippen LogP contribution in [0.1, 0.15) is 52.4 Å². The van der Waals surface area contributed by atoms with Crippen molar-refractivity contribution in [1.29, 1.82) is 0 Å². The molecule has 1 aliphatic heterocycles. The number of nitrogens with two attached hydrogens (primary N) is 1. The Morgan fingerprint density at radius 1 is 1.11 bits per heavy atom. The van der Waals surface area contributed by atoms with Crippen molar-refractivity contribution in [3.8, 4) is 0 Å². The Balaban J connectivity index is 1.86. The smallest absolute Gasteiger partial charge is 0.0713 e. The summed E-state index contributed by atoms with van der Waals surface area (Å²) in [7, 11) is 0. The minimum atomic E-state index is 0.395. The lowest BCUT2D eigenvalue weighted by molar-refractivity contribution is -0.0628. The van der Waals surface area contributed by atoms with Crippen LogP contribution >= 0.6 is 11.9 Å². The Labute approximate surface area is 116 Å². The third-order valence-electron chi connectivity index (χ3n) is 4.15. The first-order valence-electron chi connectivity index (χ1n) is 7.55. The summed E-state index contributed by atoms with van der Waals surface area (Å²) in [4.78, 5) is 0. The number of hydrogen-bond donors (Lipinski definition) is 1. The molecule has 4 atom stereocenters. The maximum Gasteiger partial charge on any atom is 0.0713 e. The zero-order valence-corrected chi connectivity index (χ0v) is 12.6. The summed E-state index contributed by atoms with van der Waals surface area (Å²) in [5, 5.41) is 0.631. The minimum Gasteiger partial charge on any atom is -0.372 e. The first-order valence-corrected chi connectivity index (χ1v) is 8.39. The van der Waals surface area contributed by atoms with Crippen LogP contribution in [-0.2, 0) is 4.74 Å². The standard InChI is InChI=1S/C14H28N2OS/c1-3-11-9-16(10-12(4-2)17-11)18-14-8-6-5-7-13(14)15/h11-14H,3-10,15H2,1-2H3. The summed E-state index contributed by atoms with van der Waals surface area (Å²) in [6.45, 7) is 6.58. The largest absolute Gasteiger partial charge is 0.372 e. The zero-order valence-electron chi connectivity index (χ0n) is 11.8. The van der Waals surface area contributed by atoms with Crippen LogP contribution < -0.4 is 5.73 Å². The molecule has 106 valence electrons. The quantitative estimate of drug-likeness (QED) is 0.799. The number of nitrogens with zero attached hydrogens (tertiary/aromatic N) is 1. The van der Waals surface area contributed by atoms with Gasteiger partial charge in [0, 0.05) is 24.4 Å². The second-order valence-electron chi connectivity index (χ2n) is 5.64. The van der Waals surface area contributed by atoms with E-state index in [1.165, 1.54) is 25.7 Å². The van der Waals surface area contributed by atoms with Crippen molar-refractivity contribution in [1.82, 2.24) is 4.31 Å². The molecule has 18 heavy (non-hydrogen) atoms. The predicted octanol–water partition coefficient (Wildman–Crippen LogP) is 2.79. The summed E-state index contributed by atoms with van der Waals surface area (Å²) >= 11 is 2.02. The van der Waals surface area contributed by atoms with E-state index in [1.54, 1.807) is 0 Å². The van der Waals surface area contributed by atoms with E-state index in [-0.39, 0.29) is 0 Å². The molecule has 0 spiro atoms. The van der Waals surface area contributed by atoms with Gasteiger partial charge in [-0.15, -0.1) is 0 Å². The molecule has 1 heterocycles. The summed E-state index contributed by atoms with van der Waals surface area (Å²) in [6, 6.07) is 0.395. The van der Waals surface area contributed by atoms with Gasteiger partial charge in [-0.05, 0) is 25.7 Å². The van der Waals surface area contributed by atoms with Gasteiger partial charge in [0.2, 0.25) is 0 Å². The minimum absolute atomic E-state index is 0.395. The molecule has 4 heteroatoms. The molecular formula is C14H28N2OS. The lowest BCUT2D eigenvalue weighted by Gasteiger charge is -2.40. The molecule has 0 amide bonds. The average molecular weight is 272 g/mol. The fourth-order valence-corrected chi connectivity index (χ4v) is 4.32. The summed E-state index contributed by atoms with van der Waals surface area (Å²) in [5.74, 6) is 0. The molecule has 2 rings (SSSR count). The van der Waals surface area contributed by atoms with E-state index in [0.717, 1.165) is 25.9 Å². The first kappa shape index (κ1) is 14.6. The van der Waals surface area contributed by atoms with Gasteiger partial charge in [-0.3, -0.25) is 0 Å². The first-order chi connectivity index (χ1) is 8.72. The van der Waals surface area contributed by atoms with Gasteiger partial charge in [0.25, 0.3) is 0 Å². The fraction of sp³-hybridized carbons (Fsp3) is 1.00. The topological polar surface area (TPSA) is 38.5 Å². The van der Waals surface area contributed by atoms with Crippen molar-refractivity contribution in [2.75, 3.05) is 13.1 Å². The zero-order chi connectivity index (χ0) is 13.0. The van der Waals surface area contributed by atoms with E-state index < -0.39 is 0 Å². The van der Waals surface area contributed by atoms with Crippen molar-refractivity contribution in [2.24, 2.45) is 5.73 Å². The fourth-order valence-electron chi connectivity index (χ4n) is 2.87. The lowest BCUT2D eigenvalue weighted by Crippen LogP contribution is -2.46. The molecule has 3 nitrogen and oxygen atoms in total. The Hall–Kier alpha value is 0.230. The van der Waals surface area contributed by atoms with Gasteiger partial charge < -0.3 is 10.5 Å². The van der Waals surface area contributed by atoms with Gasteiger partial charge in [-0.1, -0.05) is 38.6 Å². The number of rotatable bonds is 4. The molecule has 1 saturated heterocycles. The SMILES string of the molecule is CCC1CN(SC2CCCCC2N)CC(CC)O1. The van der Waals surface area contributed by atoms with Gasteiger partial charge in [0.1, 0.15) is 0 Å². The molecule has 0 aromatic rings. The molecule has 2 N–H and O–H groups in total. The maximum absolute atomic E-state index is 6.25. The third kappa shape index (κ3) is 3.86. The lowest BCUT2D eigenvalue weighted by atomic mass is 9.96. The van der Waals surface area contributed by atoms with Gasteiger partial charge in [0.05, 0.1) is 12.2 Å². The van der Waals surface area contributed by atoms with Crippen molar-refractivity contribution in [2.45, 2.75) is 75.9 Å². The highest BCUT2D eigenvalue weighted by atomic mass is 32.2. The second-order valence-corrected chi connectivity index (χ2v) is 6.97. The van der Waals surface area contributed by atoms with E-state index in [0.29, 0.717) is 23.5 Å². The van der Waals surface area contributed by atoms with Crippen LogP contribution in [0.15, 0.2) is 0 Å². The second kappa shape index (κ2) is 7.13. The van der Waals surface area contributed by atoms with Crippen molar-refractivity contribution in [3.05, 3.63) is 0 Å². The van der Waals surface area contributed by atoms with Crippen molar-refractivity contribution < 1.29 is 4.74 Å². The molecule has 4 unspecified atom stereocenters. The van der Waals surface area contributed by atoms with Crippen LogP contribution in [0.4, 0.5) is 0 Å². The predicted molar refractivity (Wildman–Crippen MR) is 78.6 cm³/mol. The molecule has 2 fully saturated rings. The van der Waals surface area contributed by atoms with E-state index >= 15 is 0 Å². The van der Waals surface area contributed by atoms with Gasteiger partial charge in [-0.2, -0.15) is 0 Å². The molecule has 0 aromatic heterocycles. The number of morpholine rings is 1. The van der Waals surface area contributed by atoms with Crippen LogP contribution in [-0.4, -0.2) is 40.9 Å². The van der Waals surface area contributed by atoms with Gasteiger partial charge in [0.15, 0.2) is 0 Å². The molecule has 2 aliphatic rings. The van der Waals surface area contributed by atoms with Crippen LogP contribution in [0.5, 0.6) is 0 Å². The van der Waals surface area contributed by atoms with Crippen LogP contribution in [0.3, 0.4) is 0 Å². The third-order valence-corrected chi connectivity index (χ3v) is 5.60. The van der Waals surface area contributed by atoms with E-state index in [1.807, 2.05) is 11.9 Å². The number of hydrogen-bond acceptors (Lipinski definition) is 4. The highest BCUT2D eigenvalue weighted by molar-refractivity contribution is 7.97. The summed E-state index contributed by atoms with van der Waals surface area (Å²) in [5.41, 5.74) is 6.25. The Bertz CT molecular complexity index is 240. The normalized spacial score (nSPS) is 38.8. The van der Waals surface area contributed by atoms with E-state index in [9.17, 15) is 0 Å². The average Bonchev–Trinajstić information content (AvgIpc) is 2.41. The number of ether oxygens (including phenoxy) is 1. The molecule has 1 saturated carbocycles. The Kier molecular flexibility index (Phi) is 5.80. The maximum atomic E-state index is 6.25. The van der Waals surface area contributed by atoms with E-state index in [4.69, 9.17) is 10.5 Å². The highest BCUT2D eigenvalue weighted by Gasteiger charge is 2.30. The Morgan fingerprint density at radius 2 is 1.72 bits per heavy atom. The van der Waals surface area contributed by atoms with Crippen LogP contribution in [0, 0.1) is 0 Å². The molecular weight excluding hydrogens is 244 g/mol. The summed E-state index contributed by atoms with van der Waals surface area (Å²) < 4.78 is 8.57. The summed E-state index contributed by atoms with van der Waals surface area (Å²) in [6.07, 6.45) is 8.22. The molecule has 0 bridgehead atoms. The van der Waals surface area contributed by atoms with Crippen LogP contribution in [0.2, 0.25) is 0 Å². The Morgan fingerprint density at radius 3 is 2.28 bits per heavy atom. The molecule has 1 aliphatic carbocycles. The monoisotopic (exact) mass is 272 g/mol. The molecule has 0 radical (unpaired) electrons. The van der Waals surface area contributed by atoms with Crippen molar-refractivity contribution in [3.63, 3.8) is 0 Å². The van der Waals surface area contributed by atoms with Gasteiger partial charge in [-0.25, -0.2) is 4.31 Å².